The van der Waals surface area contributed by atoms with Crippen LogP contribution in [0.15, 0.2) is 24.3 Å². The van der Waals surface area contributed by atoms with Gasteiger partial charge < -0.3 is 15.9 Å². The summed E-state index contributed by atoms with van der Waals surface area (Å²) in [6.07, 6.45) is 9.00. The number of aliphatic hydroxyl groups excluding tert-OH is 1. The third-order valence-corrected chi connectivity index (χ3v) is 7.27. The predicted octanol–water partition coefficient (Wildman–Crippen LogP) is 4.77. The molecule has 1 aromatic carbocycles. The number of unbranched alkanes of at least 4 members (excludes halogenated alkanes) is 1. The lowest BCUT2D eigenvalue weighted by Crippen LogP contribution is -2.61. The Morgan fingerprint density at radius 1 is 1.22 bits per heavy atom. The standard InChI is InChI=1S/C12H16O3.C11H19N/c1-2-3-8-11(13)9-6-4-5-7-10(9)12(14)15;1-7-10-3-8-2-9(4-10)6-11(7,12)5-8/h4-7,11,13H,2-3,8H2,1H3,(H,14,15);7-10H,2-6,12H2,1H3. The van der Waals surface area contributed by atoms with Gasteiger partial charge in [0.25, 0.3) is 0 Å². The average molecular weight is 374 g/mol. The van der Waals surface area contributed by atoms with Crippen molar-refractivity contribution in [1.29, 1.82) is 0 Å². The van der Waals surface area contributed by atoms with Gasteiger partial charge in [0.15, 0.2) is 0 Å². The van der Waals surface area contributed by atoms with Crippen LogP contribution in [-0.2, 0) is 0 Å². The Morgan fingerprint density at radius 3 is 2.41 bits per heavy atom. The SMILES string of the molecule is CC1C2CC3CC(C2)CC1(N)C3.CCCCC(O)c1ccccc1C(=O)O. The molecule has 0 saturated heterocycles. The molecule has 4 N–H and O–H groups in total. The molecule has 4 bridgehead atoms. The molecule has 4 atom stereocenters. The molecular formula is C23H35NO3. The molecule has 0 radical (unpaired) electrons. The second-order valence-corrected chi connectivity index (χ2v) is 9.18. The highest BCUT2D eigenvalue weighted by Gasteiger charge is 2.53. The molecular weight excluding hydrogens is 338 g/mol. The number of hydrogen-bond donors (Lipinski definition) is 3. The first kappa shape index (κ1) is 20.3. The summed E-state index contributed by atoms with van der Waals surface area (Å²) in [6, 6.07) is 6.60. The Hall–Kier alpha value is -1.39. The van der Waals surface area contributed by atoms with E-state index >= 15 is 0 Å². The summed E-state index contributed by atoms with van der Waals surface area (Å²) in [6.45, 7) is 4.43. The maximum atomic E-state index is 10.9. The maximum absolute atomic E-state index is 10.9. The van der Waals surface area contributed by atoms with Crippen LogP contribution in [0.4, 0.5) is 0 Å². The van der Waals surface area contributed by atoms with Crippen LogP contribution in [0.1, 0.15) is 87.2 Å². The molecule has 4 aliphatic carbocycles. The zero-order valence-electron chi connectivity index (χ0n) is 16.7. The van der Waals surface area contributed by atoms with E-state index in [1.165, 1.54) is 38.2 Å². The minimum Gasteiger partial charge on any atom is -0.478 e. The molecule has 4 heteroatoms. The number of aliphatic hydroxyl groups is 1. The molecule has 150 valence electrons. The normalized spacial score (nSPS) is 34.7. The van der Waals surface area contributed by atoms with Crippen LogP contribution in [0.3, 0.4) is 0 Å². The highest BCUT2D eigenvalue weighted by Crippen LogP contribution is 2.57. The van der Waals surface area contributed by atoms with Crippen LogP contribution in [-0.4, -0.2) is 21.7 Å². The van der Waals surface area contributed by atoms with Crippen molar-refractivity contribution in [1.82, 2.24) is 0 Å². The highest BCUT2D eigenvalue weighted by molar-refractivity contribution is 5.89. The lowest BCUT2D eigenvalue weighted by Gasteiger charge is -2.59. The summed E-state index contributed by atoms with van der Waals surface area (Å²) in [5.74, 6) is 2.82. The first-order valence-corrected chi connectivity index (χ1v) is 10.6. The van der Waals surface area contributed by atoms with E-state index in [4.69, 9.17) is 10.8 Å². The minimum absolute atomic E-state index is 0.195. The van der Waals surface area contributed by atoms with Crippen molar-refractivity contribution in [3.63, 3.8) is 0 Å². The first-order chi connectivity index (χ1) is 12.8. The largest absolute Gasteiger partial charge is 0.478 e. The molecule has 4 saturated carbocycles. The van der Waals surface area contributed by atoms with Crippen LogP contribution in [0, 0.1) is 23.7 Å². The van der Waals surface area contributed by atoms with E-state index in [9.17, 15) is 9.90 Å². The molecule has 1 aromatic rings. The Balaban J connectivity index is 0.000000158. The van der Waals surface area contributed by atoms with E-state index in [1.807, 2.05) is 6.92 Å². The lowest BCUT2D eigenvalue weighted by molar-refractivity contribution is -0.0474. The summed E-state index contributed by atoms with van der Waals surface area (Å²) in [4.78, 5) is 10.9. The van der Waals surface area contributed by atoms with E-state index < -0.39 is 12.1 Å². The fourth-order valence-electron chi connectivity index (χ4n) is 5.89. The number of aromatic carboxylic acids is 1. The number of benzene rings is 1. The fraction of sp³-hybridized carbons (Fsp3) is 0.696. The van der Waals surface area contributed by atoms with E-state index in [1.54, 1.807) is 18.2 Å². The van der Waals surface area contributed by atoms with Gasteiger partial charge in [0, 0.05) is 5.54 Å². The zero-order valence-corrected chi connectivity index (χ0v) is 16.7. The highest BCUT2D eigenvalue weighted by atomic mass is 16.4. The van der Waals surface area contributed by atoms with Crippen molar-refractivity contribution in [2.75, 3.05) is 0 Å². The molecule has 5 rings (SSSR count). The van der Waals surface area contributed by atoms with E-state index in [0.29, 0.717) is 12.0 Å². The van der Waals surface area contributed by atoms with Crippen LogP contribution < -0.4 is 5.73 Å². The summed E-state index contributed by atoms with van der Waals surface area (Å²) in [7, 11) is 0. The quantitative estimate of drug-likeness (QED) is 0.694. The first-order valence-electron chi connectivity index (χ1n) is 10.6. The predicted molar refractivity (Wildman–Crippen MR) is 108 cm³/mol. The van der Waals surface area contributed by atoms with Gasteiger partial charge in [-0.1, -0.05) is 44.9 Å². The van der Waals surface area contributed by atoms with Crippen molar-refractivity contribution in [3.05, 3.63) is 35.4 Å². The van der Waals surface area contributed by atoms with E-state index in [-0.39, 0.29) is 11.1 Å². The van der Waals surface area contributed by atoms with Gasteiger partial charge in [-0.3, -0.25) is 0 Å². The number of nitrogens with two attached hydrogens (primary N) is 1. The summed E-state index contributed by atoms with van der Waals surface area (Å²) in [5.41, 5.74) is 7.43. The third-order valence-electron chi connectivity index (χ3n) is 7.27. The second kappa shape index (κ2) is 8.32. The Labute approximate surface area is 163 Å². The monoisotopic (exact) mass is 373 g/mol. The molecule has 4 aliphatic rings. The smallest absolute Gasteiger partial charge is 0.336 e. The summed E-state index contributed by atoms with van der Waals surface area (Å²) < 4.78 is 0. The van der Waals surface area contributed by atoms with Crippen molar-refractivity contribution in [3.8, 4) is 0 Å². The maximum Gasteiger partial charge on any atom is 0.336 e. The van der Waals surface area contributed by atoms with E-state index in [0.717, 1.165) is 36.5 Å². The zero-order chi connectivity index (χ0) is 19.6. The van der Waals surface area contributed by atoms with Crippen molar-refractivity contribution in [2.24, 2.45) is 29.4 Å². The van der Waals surface area contributed by atoms with Crippen LogP contribution in [0.25, 0.3) is 0 Å². The van der Waals surface area contributed by atoms with Gasteiger partial charge >= 0.3 is 5.97 Å². The molecule has 0 amide bonds. The minimum atomic E-state index is -0.985. The summed E-state index contributed by atoms with van der Waals surface area (Å²) >= 11 is 0. The van der Waals surface area contributed by atoms with Gasteiger partial charge in [-0.2, -0.15) is 0 Å². The Morgan fingerprint density at radius 2 is 1.85 bits per heavy atom. The van der Waals surface area contributed by atoms with Gasteiger partial charge in [-0.25, -0.2) is 4.79 Å². The topological polar surface area (TPSA) is 83.5 Å². The Kier molecular flexibility index (Phi) is 6.27. The number of carbonyl (C=O) groups is 1. The number of carboxylic acids is 1. The molecule has 4 nitrogen and oxygen atoms in total. The average Bonchev–Trinajstić information content (AvgIpc) is 2.63. The van der Waals surface area contributed by atoms with Gasteiger partial charge in [0.2, 0.25) is 0 Å². The molecule has 0 heterocycles. The lowest BCUT2D eigenvalue weighted by atomic mass is 9.49. The van der Waals surface area contributed by atoms with Gasteiger partial charge in [-0.15, -0.1) is 0 Å². The Bertz CT molecular complexity index is 645. The number of rotatable bonds is 5. The molecule has 4 unspecified atom stereocenters. The molecule has 0 aromatic heterocycles. The van der Waals surface area contributed by atoms with Crippen LogP contribution in [0.5, 0.6) is 0 Å². The van der Waals surface area contributed by atoms with Crippen molar-refractivity contribution < 1.29 is 15.0 Å². The van der Waals surface area contributed by atoms with Crippen molar-refractivity contribution in [2.45, 2.75) is 76.9 Å². The van der Waals surface area contributed by atoms with Gasteiger partial charge in [0.05, 0.1) is 11.7 Å². The van der Waals surface area contributed by atoms with Gasteiger partial charge in [0.1, 0.15) is 0 Å². The number of carboxylic acid groups (broad SMARTS) is 1. The van der Waals surface area contributed by atoms with Gasteiger partial charge in [-0.05, 0) is 73.8 Å². The fourth-order valence-corrected chi connectivity index (χ4v) is 5.89. The van der Waals surface area contributed by atoms with Crippen LogP contribution >= 0.6 is 0 Å². The molecule has 0 spiro atoms. The third kappa shape index (κ3) is 4.38. The summed E-state index contributed by atoms with van der Waals surface area (Å²) in [5, 5.41) is 18.7. The second-order valence-electron chi connectivity index (χ2n) is 9.18. The number of hydrogen-bond acceptors (Lipinski definition) is 3. The molecule has 27 heavy (non-hydrogen) atoms. The van der Waals surface area contributed by atoms with Crippen LogP contribution in [0.2, 0.25) is 0 Å². The molecule has 4 fully saturated rings. The molecule has 0 aliphatic heterocycles. The van der Waals surface area contributed by atoms with E-state index in [2.05, 4.69) is 6.92 Å². The van der Waals surface area contributed by atoms with Crippen molar-refractivity contribution >= 4 is 5.97 Å².